The van der Waals surface area contributed by atoms with Crippen molar-refractivity contribution >= 4 is 77.8 Å². The lowest BCUT2D eigenvalue weighted by atomic mass is 9.96. The fraction of sp³-hybridized carbons (Fsp3) is 0.489. The van der Waals surface area contributed by atoms with E-state index in [-0.39, 0.29) is 68.3 Å². The van der Waals surface area contributed by atoms with Crippen LogP contribution in [-0.4, -0.2) is 151 Å². The number of carboxylic acids is 3. The molecule has 0 bridgehead atoms. The van der Waals surface area contributed by atoms with Crippen LogP contribution in [0, 0.1) is 5.92 Å². The van der Waals surface area contributed by atoms with Gasteiger partial charge in [-0.3, -0.25) is 48.1 Å². The number of carbonyl (C=O) groups is 10. The molecule has 18 N–H and O–H groups in total. The summed E-state index contributed by atoms with van der Waals surface area (Å²) in [5.74, 6) is -12.4. The summed E-state index contributed by atoms with van der Waals surface area (Å²) in [5.41, 5.74) is 17.2. The van der Waals surface area contributed by atoms with E-state index in [4.69, 9.17) is 22.3 Å². The summed E-state index contributed by atoms with van der Waals surface area (Å²) >= 11 is 4.25. The molecule has 0 spiro atoms. The minimum atomic E-state index is -1.81. The van der Waals surface area contributed by atoms with Gasteiger partial charge in [-0.15, -0.1) is 0 Å². The fourth-order valence-electron chi connectivity index (χ4n) is 6.62. The third kappa shape index (κ3) is 21.5. The Kier molecular flexibility index (Phi) is 25.3. The quantitative estimate of drug-likeness (QED) is 0.0156. The van der Waals surface area contributed by atoms with Crippen LogP contribution in [0.2, 0.25) is 0 Å². The second kappa shape index (κ2) is 30.1. The minimum absolute atomic E-state index is 0.0564. The van der Waals surface area contributed by atoms with E-state index < -0.39 is 126 Å². The monoisotopic (exact) mass is 1030 g/mol. The number of guanidine groups is 1. The van der Waals surface area contributed by atoms with Crippen LogP contribution in [0.25, 0.3) is 0 Å². The van der Waals surface area contributed by atoms with Crippen molar-refractivity contribution < 1.29 is 73.5 Å². The second-order valence-electron chi connectivity index (χ2n) is 16.8. The van der Waals surface area contributed by atoms with E-state index in [1.165, 1.54) is 55.5 Å². The lowest BCUT2D eigenvalue weighted by Gasteiger charge is -2.29. The number of carboxylic acid groups (broad SMARTS) is 3. The van der Waals surface area contributed by atoms with Crippen molar-refractivity contribution in [2.75, 3.05) is 12.3 Å². The summed E-state index contributed by atoms with van der Waals surface area (Å²) < 4.78 is 0. The number of hydrogen-bond acceptors (Lipinski definition) is 15. The molecule has 2 aromatic carbocycles. The molecule has 0 saturated carbocycles. The lowest BCUT2D eigenvalue weighted by Crippen LogP contribution is -2.61. The van der Waals surface area contributed by atoms with E-state index in [1.807, 2.05) is 0 Å². The predicted octanol–water partition coefficient (Wildman–Crippen LogP) is -2.92. The van der Waals surface area contributed by atoms with Gasteiger partial charge in [-0.1, -0.05) is 44.5 Å². The Bertz CT molecular complexity index is 2250. The molecule has 9 atom stereocenters. The van der Waals surface area contributed by atoms with Gasteiger partial charge >= 0.3 is 17.9 Å². The minimum Gasteiger partial charge on any atom is -0.508 e. The van der Waals surface area contributed by atoms with Gasteiger partial charge in [0, 0.05) is 31.6 Å². The molecule has 7 amide bonds. The van der Waals surface area contributed by atoms with Gasteiger partial charge in [-0.25, -0.2) is 4.79 Å². The van der Waals surface area contributed by atoms with Gasteiger partial charge in [0.25, 0.3) is 0 Å². The predicted molar refractivity (Wildman–Crippen MR) is 261 cm³/mol. The average molecular weight is 1030 g/mol. The highest BCUT2D eigenvalue weighted by Gasteiger charge is 2.36. The number of aliphatic carboxylic acids is 3. The van der Waals surface area contributed by atoms with Crippen LogP contribution < -0.4 is 54.4 Å². The number of aliphatic imine (C=N–C) groups is 1. The van der Waals surface area contributed by atoms with Crippen LogP contribution in [0.5, 0.6) is 11.5 Å². The highest BCUT2D eigenvalue weighted by molar-refractivity contribution is 7.80. The molecule has 0 aliphatic rings. The molecular formula is C45H65N11O15S. The number of benzene rings is 2. The fourth-order valence-corrected chi connectivity index (χ4v) is 6.88. The molecule has 396 valence electrons. The van der Waals surface area contributed by atoms with Crippen LogP contribution >= 0.6 is 12.6 Å². The summed E-state index contributed by atoms with van der Waals surface area (Å²) in [6.07, 6.45) is -1.94. The van der Waals surface area contributed by atoms with Gasteiger partial charge in [0.2, 0.25) is 41.4 Å². The zero-order valence-electron chi connectivity index (χ0n) is 39.8. The van der Waals surface area contributed by atoms with Gasteiger partial charge in [-0.05, 0) is 67.5 Å². The van der Waals surface area contributed by atoms with E-state index >= 15 is 0 Å². The molecule has 2 rings (SSSR count). The van der Waals surface area contributed by atoms with E-state index in [9.17, 15) is 68.4 Å². The largest absolute Gasteiger partial charge is 0.508 e. The average Bonchev–Trinajstić information content (AvgIpc) is 3.32. The van der Waals surface area contributed by atoms with Gasteiger partial charge in [-0.2, -0.15) is 12.6 Å². The van der Waals surface area contributed by atoms with Crippen molar-refractivity contribution in [1.82, 2.24) is 37.2 Å². The van der Waals surface area contributed by atoms with E-state index in [1.54, 1.807) is 13.8 Å². The van der Waals surface area contributed by atoms with Crippen LogP contribution in [-0.2, 0) is 60.8 Å². The van der Waals surface area contributed by atoms with E-state index in [2.05, 4.69) is 54.8 Å². The maximum absolute atomic E-state index is 14.2. The molecular weight excluding hydrogens is 967 g/mol. The molecule has 2 aromatic rings. The molecule has 27 heteroatoms. The van der Waals surface area contributed by atoms with Crippen molar-refractivity contribution in [2.45, 2.75) is 120 Å². The second-order valence-corrected chi connectivity index (χ2v) is 17.1. The molecule has 0 radical (unpaired) electrons. The first-order valence-corrected chi connectivity index (χ1v) is 23.2. The zero-order chi connectivity index (χ0) is 54.2. The zero-order valence-corrected chi connectivity index (χ0v) is 40.7. The SMILES string of the molecule is CC[C@H](C)[C@H](NC(=O)[C@H](Cc1ccc(O)cc1)NC(=O)[C@H](CC(=O)O)NC(=O)[C@@H](N)CCC(=O)O)C(=O)N[C@@H](CS)C(=O)N[C@@H](Cc1ccc(O)cc1)C(=O)N[C@@H](C)C(=O)N[C@@H](CCCN=C(N)N)C(=O)O. The summed E-state index contributed by atoms with van der Waals surface area (Å²) in [4.78, 5) is 134. The topological polar surface area (TPSA) is 446 Å². The lowest BCUT2D eigenvalue weighted by molar-refractivity contribution is -0.142. The molecule has 0 unspecified atom stereocenters. The van der Waals surface area contributed by atoms with Gasteiger partial charge < -0.3 is 80.0 Å². The van der Waals surface area contributed by atoms with Crippen molar-refractivity contribution in [3.8, 4) is 11.5 Å². The highest BCUT2D eigenvalue weighted by atomic mass is 32.1. The Morgan fingerprint density at radius 2 is 1.04 bits per heavy atom. The van der Waals surface area contributed by atoms with Crippen LogP contribution in [0.3, 0.4) is 0 Å². The van der Waals surface area contributed by atoms with Gasteiger partial charge in [0.1, 0.15) is 53.8 Å². The summed E-state index contributed by atoms with van der Waals surface area (Å²) in [5, 5.41) is 64.9. The number of rotatable bonds is 31. The Balaban J connectivity index is 2.38. The highest BCUT2D eigenvalue weighted by Crippen LogP contribution is 2.15. The van der Waals surface area contributed by atoms with Crippen molar-refractivity contribution in [1.29, 1.82) is 0 Å². The first-order valence-electron chi connectivity index (χ1n) is 22.6. The Morgan fingerprint density at radius 1 is 0.583 bits per heavy atom. The van der Waals surface area contributed by atoms with Gasteiger partial charge in [0.15, 0.2) is 5.96 Å². The standard InChI is InChI=1S/C45H65N11O15S/c1-4-22(2)36(56-41(67)31(19-25-9-13-27(58)14-10-25)53-40(66)32(20-35(61)62)52-38(64)28(46)15-16-34(59)60)43(69)55-33(21-72)42(68)54-30(18-24-7-11-26(57)12-8-24)39(65)50-23(3)37(63)51-29(44(70)71)6-5-17-49-45(47)48/h7-14,22-23,28-33,36,57-58,72H,4-6,15-21,46H2,1-3H3,(H,50,65)(H,51,63)(H,52,64)(H,53,66)(H,54,68)(H,55,69)(H,56,67)(H,59,60)(H,61,62)(H,70,71)(H4,47,48,49)/t22-,23-,28-,29-,30-,31-,32-,33-,36-/m0/s1. The number of thiol groups is 1. The first-order chi connectivity index (χ1) is 33.8. The smallest absolute Gasteiger partial charge is 0.326 e. The first kappa shape index (κ1) is 60.4. The number of amides is 7. The maximum atomic E-state index is 14.2. The molecule has 0 aromatic heterocycles. The number of nitrogens with one attached hydrogen (secondary N) is 7. The third-order valence-electron chi connectivity index (χ3n) is 11.0. The van der Waals surface area contributed by atoms with Crippen molar-refractivity contribution in [3.05, 3.63) is 59.7 Å². The summed E-state index contributed by atoms with van der Waals surface area (Å²) in [6.45, 7) is 4.66. The molecule has 0 saturated heterocycles. The number of nitrogens with zero attached hydrogens (tertiary/aromatic N) is 1. The Labute approximate surface area is 419 Å². The Hall–Kier alpha value is -7.68. The summed E-state index contributed by atoms with van der Waals surface area (Å²) in [7, 11) is 0. The molecule has 0 aliphatic carbocycles. The number of carbonyl (C=O) groups excluding carboxylic acids is 7. The van der Waals surface area contributed by atoms with Crippen LogP contribution in [0.4, 0.5) is 0 Å². The van der Waals surface area contributed by atoms with E-state index in [0.717, 1.165) is 0 Å². The van der Waals surface area contributed by atoms with Crippen LogP contribution in [0.15, 0.2) is 53.5 Å². The van der Waals surface area contributed by atoms with Crippen molar-refractivity contribution in [2.24, 2.45) is 28.1 Å². The number of phenols is 2. The number of phenolic OH excluding ortho intramolecular Hbond substituents is 2. The van der Waals surface area contributed by atoms with Crippen molar-refractivity contribution in [3.63, 3.8) is 0 Å². The molecule has 0 heterocycles. The van der Waals surface area contributed by atoms with Crippen LogP contribution in [0.1, 0.15) is 70.4 Å². The normalized spacial score (nSPS) is 14.6. The third-order valence-corrected chi connectivity index (χ3v) is 11.3. The molecule has 0 fully saturated rings. The number of aromatic hydroxyl groups is 2. The molecule has 72 heavy (non-hydrogen) atoms. The Morgan fingerprint density at radius 3 is 1.50 bits per heavy atom. The number of hydrogen-bond donors (Lipinski definition) is 16. The van der Waals surface area contributed by atoms with Gasteiger partial charge in [0.05, 0.1) is 12.5 Å². The van der Waals surface area contributed by atoms with E-state index in [0.29, 0.717) is 11.1 Å². The number of nitrogens with two attached hydrogens (primary N) is 3. The summed E-state index contributed by atoms with van der Waals surface area (Å²) in [6, 6.07) is -0.845. The molecule has 0 aliphatic heterocycles. The maximum Gasteiger partial charge on any atom is 0.326 e. The molecule has 26 nitrogen and oxygen atoms in total.